The van der Waals surface area contributed by atoms with Crippen molar-refractivity contribution in [1.82, 2.24) is 4.98 Å². The molecule has 0 aliphatic carbocycles. The van der Waals surface area contributed by atoms with E-state index in [9.17, 15) is 10.1 Å². The first-order chi connectivity index (χ1) is 9.08. The van der Waals surface area contributed by atoms with Gasteiger partial charge in [0.2, 0.25) is 0 Å². The molecule has 1 N–H and O–H groups in total. The molecule has 0 radical (unpaired) electrons. The average Bonchev–Trinajstić information content (AvgIpc) is 2.40. The van der Waals surface area contributed by atoms with Crippen LogP contribution in [0.2, 0.25) is 10.0 Å². The molecule has 1 aromatic heterocycles. The fourth-order valence-corrected chi connectivity index (χ4v) is 1.84. The maximum absolute atomic E-state index is 10.9. The summed E-state index contributed by atoms with van der Waals surface area (Å²) in [4.78, 5) is 14.6. The van der Waals surface area contributed by atoms with Crippen LogP contribution in [0, 0.1) is 10.1 Å². The summed E-state index contributed by atoms with van der Waals surface area (Å²) < 4.78 is 0. The van der Waals surface area contributed by atoms with Crippen LogP contribution in [0.25, 0.3) is 0 Å². The van der Waals surface area contributed by atoms with Gasteiger partial charge >= 0.3 is 0 Å². The van der Waals surface area contributed by atoms with E-state index in [-0.39, 0.29) is 15.7 Å². The number of nitrogens with zero attached hydrogens (tertiary/aromatic N) is 2. The molecule has 1 heterocycles. The molecule has 0 saturated heterocycles. The van der Waals surface area contributed by atoms with Crippen LogP contribution in [0.3, 0.4) is 0 Å². The minimum atomic E-state index is -0.511. The number of benzene rings is 1. The zero-order valence-corrected chi connectivity index (χ0v) is 11.1. The van der Waals surface area contributed by atoms with Gasteiger partial charge in [-0.2, -0.15) is 0 Å². The van der Waals surface area contributed by atoms with E-state index in [1.165, 1.54) is 12.1 Å². The number of nitro groups is 1. The number of anilines is 1. The lowest BCUT2D eigenvalue weighted by Gasteiger charge is -2.08. The summed E-state index contributed by atoms with van der Waals surface area (Å²) in [5.74, 6) is 0. The van der Waals surface area contributed by atoms with Gasteiger partial charge in [0, 0.05) is 12.3 Å². The minimum absolute atomic E-state index is 0.120. The fourth-order valence-electron chi connectivity index (χ4n) is 1.52. The van der Waals surface area contributed by atoms with Crippen molar-refractivity contribution in [3.63, 3.8) is 0 Å². The zero-order valence-electron chi connectivity index (χ0n) is 9.64. The Kier molecular flexibility index (Phi) is 4.19. The van der Waals surface area contributed by atoms with Crippen LogP contribution in [-0.4, -0.2) is 9.91 Å². The van der Waals surface area contributed by atoms with Crippen LogP contribution >= 0.6 is 23.2 Å². The summed E-state index contributed by atoms with van der Waals surface area (Å²) in [5, 5.41) is 14.3. The second kappa shape index (κ2) is 5.86. The Balaban J connectivity index is 2.24. The molecule has 98 valence electrons. The van der Waals surface area contributed by atoms with Crippen molar-refractivity contribution in [3.8, 4) is 0 Å². The van der Waals surface area contributed by atoms with Gasteiger partial charge in [0.15, 0.2) is 0 Å². The van der Waals surface area contributed by atoms with Gasteiger partial charge in [-0.3, -0.25) is 15.1 Å². The molecular formula is C12H9Cl2N3O2. The fraction of sp³-hybridized carbons (Fsp3) is 0.0833. The quantitative estimate of drug-likeness (QED) is 0.686. The normalized spacial score (nSPS) is 10.2. The Labute approximate surface area is 119 Å². The first-order valence-corrected chi connectivity index (χ1v) is 6.10. The third-order valence-electron chi connectivity index (χ3n) is 2.42. The van der Waals surface area contributed by atoms with Crippen LogP contribution in [-0.2, 0) is 6.54 Å². The van der Waals surface area contributed by atoms with Crippen LogP contribution in [0.15, 0.2) is 36.5 Å². The summed E-state index contributed by atoms with van der Waals surface area (Å²) in [7, 11) is 0. The molecule has 2 rings (SSSR count). The predicted octanol–water partition coefficient (Wildman–Crippen LogP) is 3.91. The minimum Gasteiger partial charge on any atom is -0.374 e. The molecule has 0 atom stereocenters. The Bertz CT molecular complexity index is 605. The van der Waals surface area contributed by atoms with Gasteiger partial charge in [-0.15, -0.1) is 0 Å². The lowest BCUT2D eigenvalue weighted by atomic mass is 10.2. The van der Waals surface area contributed by atoms with Gasteiger partial charge in [-0.1, -0.05) is 29.3 Å². The Morgan fingerprint density at radius 1 is 1.26 bits per heavy atom. The molecule has 0 aliphatic rings. The highest BCUT2D eigenvalue weighted by atomic mass is 35.5. The van der Waals surface area contributed by atoms with Gasteiger partial charge in [0.05, 0.1) is 27.2 Å². The summed E-state index contributed by atoms with van der Waals surface area (Å²) in [6.45, 7) is 0.361. The molecule has 5 nitrogen and oxygen atoms in total. The first-order valence-electron chi connectivity index (χ1n) is 5.35. The molecule has 0 amide bonds. The first kappa shape index (κ1) is 13.6. The molecule has 1 aromatic carbocycles. The third-order valence-corrected chi connectivity index (χ3v) is 3.14. The zero-order chi connectivity index (χ0) is 13.8. The van der Waals surface area contributed by atoms with Crippen molar-refractivity contribution in [2.75, 3.05) is 5.32 Å². The molecule has 0 bridgehead atoms. The van der Waals surface area contributed by atoms with E-state index in [1.54, 1.807) is 12.3 Å². The van der Waals surface area contributed by atoms with E-state index in [0.29, 0.717) is 12.2 Å². The number of nitro benzene ring substituents is 1. The van der Waals surface area contributed by atoms with Crippen LogP contribution in [0.5, 0.6) is 0 Å². The molecule has 0 spiro atoms. The van der Waals surface area contributed by atoms with E-state index < -0.39 is 4.92 Å². The van der Waals surface area contributed by atoms with Crippen LogP contribution < -0.4 is 5.32 Å². The van der Waals surface area contributed by atoms with Crippen molar-refractivity contribution >= 4 is 34.6 Å². The number of aromatic nitrogens is 1. The average molecular weight is 298 g/mol. The maximum atomic E-state index is 10.9. The number of hydrogen-bond donors (Lipinski definition) is 1. The maximum Gasteiger partial charge on any atom is 0.293 e. The number of nitrogens with one attached hydrogen (secondary N) is 1. The van der Waals surface area contributed by atoms with Crippen molar-refractivity contribution in [1.29, 1.82) is 0 Å². The highest BCUT2D eigenvalue weighted by Crippen LogP contribution is 2.34. The molecule has 19 heavy (non-hydrogen) atoms. The monoisotopic (exact) mass is 297 g/mol. The summed E-state index contributed by atoms with van der Waals surface area (Å²) in [6.07, 6.45) is 1.65. The van der Waals surface area contributed by atoms with Gasteiger partial charge in [0.1, 0.15) is 5.69 Å². The molecule has 7 heteroatoms. The van der Waals surface area contributed by atoms with Crippen molar-refractivity contribution in [3.05, 3.63) is 62.4 Å². The Morgan fingerprint density at radius 2 is 2.00 bits per heavy atom. The van der Waals surface area contributed by atoms with Crippen LogP contribution in [0.1, 0.15) is 5.69 Å². The second-order valence-electron chi connectivity index (χ2n) is 3.72. The molecule has 0 saturated carbocycles. The second-order valence-corrected chi connectivity index (χ2v) is 4.53. The standard InChI is InChI=1S/C12H9Cl2N3O2/c13-9-5-11(12(17(18)19)6-10(9)14)16-7-8-3-1-2-4-15-8/h1-6,16H,7H2. The topological polar surface area (TPSA) is 68.1 Å². The Morgan fingerprint density at radius 3 is 2.63 bits per heavy atom. The molecular weight excluding hydrogens is 289 g/mol. The van der Waals surface area contributed by atoms with Gasteiger partial charge < -0.3 is 5.32 Å². The lowest BCUT2D eigenvalue weighted by molar-refractivity contribution is -0.383. The number of hydrogen-bond acceptors (Lipinski definition) is 4. The summed E-state index contributed by atoms with van der Waals surface area (Å²) in [5.41, 5.74) is 0.957. The van der Waals surface area contributed by atoms with Crippen molar-refractivity contribution in [2.24, 2.45) is 0 Å². The smallest absolute Gasteiger partial charge is 0.293 e. The van der Waals surface area contributed by atoms with Crippen molar-refractivity contribution < 1.29 is 4.92 Å². The van der Waals surface area contributed by atoms with E-state index in [0.717, 1.165) is 5.69 Å². The molecule has 2 aromatic rings. The SMILES string of the molecule is O=[N+]([O-])c1cc(Cl)c(Cl)cc1NCc1ccccn1. The summed E-state index contributed by atoms with van der Waals surface area (Å²) >= 11 is 11.6. The van der Waals surface area contributed by atoms with Gasteiger partial charge in [0.25, 0.3) is 5.69 Å². The lowest BCUT2D eigenvalue weighted by Crippen LogP contribution is -2.04. The third kappa shape index (κ3) is 3.33. The van der Waals surface area contributed by atoms with E-state index in [4.69, 9.17) is 23.2 Å². The van der Waals surface area contributed by atoms with Crippen molar-refractivity contribution in [2.45, 2.75) is 6.54 Å². The van der Waals surface area contributed by atoms with E-state index in [2.05, 4.69) is 10.3 Å². The summed E-state index contributed by atoms with van der Waals surface area (Å²) in [6, 6.07) is 8.12. The highest BCUT2D eigenvalue weighted by molar-refractivity contribution is 6.42. The largest absolute Gasteiger partial charge is 0.374 e. The highest BCUT2D eigenvalue weighted by Gasteiger charge is 2.16. The number of pyridine rings is 1. The van der Waals surface area contributed by atoms with Gasteiger partial charge in [-0.25, -0.2) is 0 Å². The molecule has 0 aliphatic heterocycles. The predicted molar refractivity (Wildman–Crippen MR) is 74.7 cm³/mol. The number of halogens is 2. The van der Waals surface area contributed by atoms with Crippen LogP contribution in [0.4, 0.5) is 11.4 Å². The van der Waals surface area contributed by atoms with Gasteiger partial charge in [-0.05, 0) is 18.2 Å². The Hall–Kier alpha value is -1.85. The molecule has 0 unspecified atom stereocenters. The van der Waals surface area contributed by atoms with E-state index >= 15 is 0 Å². The number of rotatable bonds is 4. The molecule has 0 fully saturated rings. The van der Waals surface area contributed by atoms with E-state index in [1.807, 2.05) is 12.1 Å².